The first-order valence-electron chi connectivity index (χ1n) is 10.2. The van der Waals surface area contributed by atoms with E-state index in [1.807, 2.05) is 42.5 Å². The average Bonchev–Trinajstić information content (AvgIpc) is 3.18. The summed E-state index contributed by atoms with van der Waals surface area (Å²) in [4.78, 5) is 15.1. The maximum absolute atomic E-state index is 12.6. The molecule has 0 aliphatic carbocycles. The van der Waals surface area contributed by atoms with E-state index >= 15 is 0 Å². The van der Waals surface area contributed by atoms with Gasteiger partial charge in [0.15, 0.2) is 11.6 Å². The van der Waals surface area contributed by atoms with Gasteiger partial charge >= 0.3 is 0 Å². The number of hydrogen-bond acceptors (Lipinski definition) is 4. The molecule has 0 bridgehead atoms. The number of benzene rings is 2. The van der Waals surface area contributed by atoms with E-state index in [1.54, 1.807) is 0 Å². The van der Waals surface area contributed by atoms with Gasteiger partial charge in [0.1, 0.15) is 0 Å². The third-order valence-corrected chi connectivity index (χ3v) is 6.01. The van der Waals surface area contributed by atoms with Crippen LogP contribution in [0.25, 0.3) is 0 Å². The second-order valence-corrected chi connectivity index (χ2v) is 8.54. The molecule has 2 heterocycles. The molecule has 4 heteroatoms. The Bertz CT molecular complexity index is 798. The van der Waals surface area contributed by atoms with E-state index < -0.39 is 0 Å². The van der Waals surface area contributed by atoms with Gasteiger partial charge in [0.2, 0.25) is 0 Å². The molecule has 0 saturated carbocycles. The fraction of sp³-hybridized carbons (Fsp3) is 0.458. The number of hydrogen-bond donors (Lipinski definition) is 0. The molecule has 28 heavy (non-hydrogen) atoms. The van der Waals surface area contributed by atoms with Crippen molar-refractivity contribution in [1.82, 2.24) is 4.90 Å². The van der Waals surface area contributed by atoms with Crippen molar-refractivity contribution in [1.29, 1.82) is 0 Å². The van der Waals surface area contributed by atoms with Crippen LogP contribution in [0.2, 0.25) is 0 Å². The van der Waals surface area contributed by atoms with Crippen LogP contribution in [0.5, 0.6) is 0 Å². The molecule has 2 saturated heterocycles. The molecule has 4 rings (SSSR count). The predicted molar refractivity (Wildman–Crippen MR) is 110 cm³/mol. The van der Waals surface area contributed by atoms with Gasteiger partial charge in [-0.05, 0) is 5.56 Å². The van der Waals surface area contributed by atoms with Crippen LogP contribution < -0.4 is 0 Å². The molecule has 0 N–H and O–H groups in total. The summed E-state index contributed by atoms with van der Waals surface area (Å²) >= 11 is 0. The Hall–Kier alpha value is -2.01. The molecule has 2 aromatic rings. The van der Waals surface area contributed by atoms with Crippen molar-refractivity contribution in [2.75, 3.05) is 32.8 Å². The highest BCUT2D eigenvalue weighted by atomic mass is 16.7. The Morgan fingerprint density at radius 2 is 1.50 bits per heavy atom. The molecule has 0 amide bonds. The second-order valence-electron chi connectivity index (χ2n) is 8.54. The summed E-state index contributed by atoms with van der Waals surface area (Å²) in [6, 6.07) is 17.6. The molecule has 2 aromatic carbocycles. The molecule has 2 aliphatic heterocycles. The first-order chi connectivity index (χ1) is 13.5. The van der Waals surface area contributed by atoms with Crippen LogP contribution in [0.15, 0.2) is 54.6 Å². The minimum absolute atomic E-state index is 0.0101. The SMILES string of the molecule is CC(C)(CN1CCC2(CC1)OCCO2)c1ccc(C(=O)c2ccccc2)cc1. The number of carbonyl (C=O) groups excluding carboxylic acids is 1. The monoisotopic (exact) mass is 379 g/mol. The van der Waals surface area contributed by atoms with Gasteiger partial charge in [-0.15, -0.1) is 0 Å². The zero-order chi connectivity index (χ0) is 19.6. The van der Waals surface area contributed by atoms with Crippen LogP contribution in [0, 0.1) is 0 Å². The lowest BCUT2D eigenvalue weighted by atomic mass is 9.82. The third-order valence-electron chi connectivity index (χ3n) is 6.01. The number of ether oxygens (including phenoxy) is 2. The maximum atomic E-state index is 12.6. The highest BCUT2D eigenvalue weighted by Crippen LogP contribution is 2.33. The zero-order valence-electron chi connectivity index (χ0n) is 16.8. The minimum Gasteiger partial charge on any atom is -0.347 e. The van der Waals surface area contributed by atoms with Gasteiger partial charge in [0.05, 0.1) is 13.2 Å². The lowest BCUT2D eigenvalue weighted by Gasteiger charge is -2.41. The van der Waals surface area contributed by atoms with Crippen LogP contribution >= 0.6 is 0 Å². The van der Waals surface area contributed by atoms with E-state index in [-0.39, 0.29) is 17.0 Å². The van der Waals surface area contributed by atoms with Gasteiger partial charge in [-0.25, -0.2) is 0 Å². The first-order valence-corrected chi connectivity index (χ1v) is 10.2. The first kappa shape index (κ1) is 19.3. The van der Waals surface area contributed by atoms with E-state index in [9.17, 15) is 4.79 Å². The standard InChI is InChI=1S/C24H29NO3/c1-23(2,18-25-14-12-24(13-15-25)27-16-17-28-24)21-10-8-20(9-11-21)22(26)19-6-4-3-5-7-19/h3-11H,12-18H2,1-2H3. The van der Waals surface area contributed by atoms with Crippen molar-refractivity contribution in [3.63, 3.8) is 0 Å². The Morgan fingerprint density at radius 1 is 0.929 bits per heavy atom. The Morgan fingerprint density at radius 3 is 2.11 bits per heavy atom. The van der Waals surface area contributed by atoms with Gasteiger partial charge in [-0.1, -0.05) is 68.4 Å². The summed E-state index contributed by atoms with van der Waals surface area (Å²) in [7, 11) is 0. The van der Waals surface area contributed by atoms with Crippen molar-refractivity contribution in [2.24, 2.45) is 0 Å². The molecular formula is C24H29NO3. The van der Waals surface area contributed by atoms with Gasteiger partial charge < -0.3 is 14.4 Å². The molecule has 1 spiro atoms. The Kier molecular flexibility index (Phi) is 5.37. The van der Waals surface area contributed by atoms with Gasteiger partial charge in [-0.3, -0.25) is 4.79 Å². The van der Waals surface area contributed by atoms with Crippen molar-refractivity contribution < 1.29 is 14.3 Å². The molecular weight excluding hydrogens is 350 g/mol. The van der Waals surface area contributed by atoms with Crippen molar-refractivity contribution in [3.05, 3.63) is 71.3 Å². The Labute approximate surface area is 167 Å². The summed E-state index contributed by atoms with van der Waals surface area (Å²) in [6.07, 6.45) is 1.88. The van der Waals surface area contributed by atoms with E-state index in [0.717, 1.165) is 56.8 Å². The van der Waals surface area contributed by atoms with Crippen LogP contribution in [0.4, 0.5) is 0 Å². The lowest BCUT2D eigenvalue weighted by Crippen LogP contribution is -2.48. The highest BCUT2D eigenvalue weighted by Gasteiger charge is 2.40. The summed E-state index contributed by atoms with van der Waals surface area (Å²) in [5.41, 5.74) is 2.73. The van der Waals surface area contributed by atoms with Crippen LogP contribution in [-0.4, -0.2) is 49.3 Å². The maximum Gasteiger partial charge on any atom is 0.193 e. The van der Waals surface area contributed by atoms with Gasteiger partial charge in [0.25, 0.3) is 0 Å². The highest BCUT2D eigenvalue weighted by molar-refractivity contribution is 6.08. The largest absolute Gasteiger partial charge is 0.347 e. The molecule has 2 aliphatic rings. The fourth-order valence-electron chi connectivity index (χ4n) is 4.32. The van der Waals surface area contributed by atoms with E-state index in [4.69, 9.17) is 9.47 Å². The molecule has 0 atom stereocenters. The molecule has 148 valence electrons. The smallest absolute Gasteiger partial charge is 0.193 e. The predicted octanol–water partition coefficient (Wildman–Crippen LogP) is 4.03. The third kappa shape index (κ3) is 4.04. The normalized spacial score (nSPS) is 19.8. The number of ketones is 1. The molecule has 4 nitrogen and oxygen atoms in total. The van der Waals surface area contributed by atoms with Gasteiger partial charge in [0, 0.05) is 49.0 Å². The number of piperidine rings is 1. The topological polar surface area (TPSA) is 38.8 Å². The van der Waals surface area contributed by atoms with Crippen molar-refractivity contribution >= 4 is 5.78 Å². The minimum atomic E-state index is -0.319. The van der Waals surface area contributed by atoms with Crippen LogP contribution in [0.1, 0.15) is 48.2 Å². The summed E-state index contributed by atoms with van der Waals surface area (Å²) < 4.78 is 11.7. The molecule has 0 radical (unpaired) electrons. The number of rotatable bonds is 5. The van der Waals surface area contributed by atoms with Crippen molar-refractivity contribution in [3.8, 4) is 0 Å². The quantitative estimate of drug-likeness (QED) is 0.735. The average molecular weight is 380 g/mol. The van der Waals surface area contributed by atoms with E-state index in [0.29, 0.717) is 0 Å². The van der Waals surface area contributed by atoms with E-state index in [2.05, 4.69) is 30.9 Å². The fourth-order valence-corrected chi connectivity index (χ4v) is 4.32. The molecule has 0 unspecified atom stereocenters. The number of likely N-dealkylation sites (tertiary alicyclic amines) is 1. The second kappa shape index (κ2) is 7.78. The van der Waals surface area contributed by atoms with Crippen LogP contribution in [-0.2, 0) is 14.9 Å². The number of nitrogens with zero attached hydrogens (tertiary/aromatic N) is 1. The summed E-state index contributed by atoms with van der Waals surface area (Å²) in [5.74, 6) is -0.247. The number of carbonyl (C=O) groups is 1. The van der Waals surface area contributed by atoms with E-state index in [1.165, 1.54) is 5.56 Å². The van der Waals surface area contributed by atoms with Gasteiger partial charge in [-0.2, -0.15) is 0 Å². The zero-order valence-corrected chi connectivity index (χ0v) is 16.8. The van der Waals surface area contributed by atoms with Crippen LogP contribution in [0.3, 0.4) is 0 Å². The molecule has 0 aromatic heterocycles. The summed E-state index contributed by atoms with van der Waals surface area (Å²) in [6.45, 7) is 8.96. The van der Waals surface area contributed by atoms with Crippen molar-refractivity contribution in [2.45, 2.75) is 37.9 Å². The molecule has 2 fully saturated rings. The summed E-state index contributed by atoms with van der Waals surface area (Å²) in [5, 5.41) is 0. The Balaban J connectivity index is 1.39. The lowest BCUT2D eigenvalue weighted by molar-refractivity contribution is -0.185.